The van der Waals surface area contributed by atoms with Crippen LogP contribution in [0.5, 0.6) is 5.75 Å². The molecule has 1 fully saturated rings. The van der Waals surface area contributed by atoms with Gasteiger partial charge in [-0.2, -0.15) is 0 Å². The van der Waals surface area contributed by atoms with E-state index in [-0.39, 0.29) is 11.8 Å². The van der Waals surface area contributed by atoms with Crippen molar-refractivity contribution in [2.75, 3.05) is 43.1 Å². The topological polar surface area (TPSA) is 83.8 Å². The lowest BCUT2D eigenvalue weighted by molar-refractivity contribution is 0.0736. The van der Waals surface area contributed by atoms with Gasteiger partial charge in [0.05, 0.1) is 25.8 Å². The quantitative estimate of drug-likeness (QED) is 0.285. The maximum absolute atomic E-state index is 14.2. The van der Waals surface area contributed by atoms with Crippen molar-refractivity contribution in [3.8, 4) is 16.9 Å². The van der Waals surface area contributed by atoms with Crippen LogP contribution in [0.2, 0.25) is 0 Å². The number of methoxy groups -OCH3 is 1. The highest BCUT2D eigenvalue weighted by Crippen LogP contribution is 2.34. The number of para-hydroxylation sites is 1. The first-order valence-corrected chi connectivity index (χ1v) is 14.7. The van der Waals surface area contributed by atoms with Crippen molar-refractivity contribution in [1.82, 2.24) is 19.4 Å². The minimum absolute atomic E-state index is 0.00976. The fourth-order valence-corrected chi connectivity index (χ4v) is 6.14. The van der Waals surface area contributed by atoms with E-state index in [4.69, 9.17) is 4.74 Å². The Morgan fingerprint density at radius 2 is 1.57 bits per heavy atom. The van der Waals surface area contributed by atoms with Crippen LogP contribution in [0.25, 0.3) is 11.1 Å². The van der Waals surface area contributed by atoms with Crippen LogP contribution in [0.1, 0.15) is 32.1 Å². The molecule has 0 aliphatic carbocycles. The number of hydrogen-bond acceptors (Lipinski definition) is 6. The molecule has 44 heavy (non-hydrogen) atoms. The summed E-state index contributed by atoms with van der Waals surface area (Å²) in [5, 5.41) is 0. The van der Waals surface area contributed by atoms with E-state index < -0.39 is 0 Å². The average molecular weight is 585 g/mol. The number of hydrogen-bond donors (Lipinski definition) is 0. The molecule has 0 atom stereocenters. The van der Waals surface area contributed by atoms with Crippen molar-refractivity contribution >= 4 is 23.2 Å². The second-order valence-electron chi connectivity index (χ2n) is 11.0. The minimum atomic E-state index is -0.165. The van der Waals surface area contributed by atoms with E-state index in [0.717, 1.165) is 46.8 Å². The van der Waals surface area contributed by atoms with E-state index in [1.807, 2.05) is 83.8 Å². The summed E-state index contributed by atoms with van der Waals surface area (Å²) in [6.45, 7) is 3.62. The molecule has 0 radical (unpaired) electrons. The molecule has 2 aromatic carbocycles. The summed E-state index contributed by atoms with van der Waals surface area (Å²) in [6.07, 6.45) is 7.11. The van der Waals surface area contributed by atoms with Crippen molar-refractivity contribution in [3.63, 3.8) is 0 Å². The standard InChI is InChI=1S/C35H32N6O3/c1-44-33-21-25(26-6-4-14-37-22-26)8-10-30(33)34(42)41-24-29-9-11-32(40(29)23-27-5-2-3-7-31(27)41)35(43)39-19-17-38(18-20-39)28-12-15-36-16-13-28/h2-16,21-22H,17-20,23-24H2,1H3. The summed E-state index contributed by atoms with van der Waals surface area (Å²) in [7, 11) is 1.58. The number of rotatable bonds is 5. The first kappa shape index (κ1) is 27.4. The fraction of sp³-hybridized carbons (Fsp3) is 0.200. The Kier molecular flexibility index (Phi) is 7.27. The van der Waals surface area contributed by atoms with E-state index in [2.05, 4.69) is 19.4 Å². The largest absolute Gasteiger partial charge is 0.496 e. The molecule has 9 heteroatoms. The highest BCUT2D eigenvalue weighted by Gasteiger charge is 2.31. The smallest absolute Gasteiger partial charge is 0.270 e. The van der Waals surface area contributed by atoms with E-state index >= 15 is 0 Å². The van der Waals surface area contributed by atoms with Crippen LogP contribution >= 0.6 is 0 Å². The van der Waals surface area contributed by atoms with Gasteiger partial charge >= 0.3 is 0 Å². The lowest BCUT2D eigenvalue weighted by Crippen LogP contribution is -2.49. The average Bonchev–Trinajstić information content (AvgIpc) is 3.41. The number of carbonyl (C=O) groups excluding carboxylic acids is 2. The monoisotopic (exact) mass is 584 g/mol. The number of fused-ring (bicyclic) bond motifs is 2. The molecule has 3 aromatic heterocycles. The molecule has 0 unspecified atom stereocenters. The van der Waals surface area contributed by atoms with Gasteiger partial charge in [0.2, 0.25) is 0 Å². The van der Waals surface area contributed by atoms with Gasteiger partial charge in [0.1, 0.15) is 11.4 Å². The van der Waals surface area contributed by atoms with Gasteiger partial charge < -0.3 is 24.0 Å². The van der Waals surface area contributed by atoms with Crippen molar-refractivity contribution in [3.05, 3.63) is 126 Å². The minimum Gasteiger partial charge on any atom is -0.496 e. The van der Waals surface area contributed by atoms with Gasteiger partial charge in [-0.05, 0) is 59.7 Å². The Hall–Kier alpha value is -5.44. The number of benzene rings is 2. The van der Waals surface area contributed by atoms with Crippen LogP contribution in [0.4, 0.5) is 11.4 Å². The number of nitrogens with zero attached hydrogens (tertiary/aromatic N) is 6. The van der Waals surface area contributed by atoms with Crippen molar-refractivity contribution in [1.29, 1.82) is 0 Å². The maximum Gasteiger partial charge on any atom is 0.270 e. The third-order valence-electron chi connectivity index (χ3n) is 8.49. The summed E-state index contributed by atoms with van der Waals surface area (Å²) in [4.78, 5) is 42.4. The van der Waals surface area contributed by atoms with E-state index in [1.54, 1.807) is 36.8 Å². The summed E-state index contributed by atoms with van der Waals surface area (Å²) >= 11 is 0. The molecule has 2 aliphatic heterocycles. The number of ether oxygens (including phenoxy) is 1. The van der Waals surface area contributed by atoms with Gasteiger partial charge in [-0.3, -0.25) is 19.6 Å². The summed E-state index contributed by atoms with van der Waals surface area (Å²) in [6, 6.07) is 25.2. The predicted molar refractivity (Wildman–Crippen MR) is 169 cm³/mol. The fourth-order valence-electron chi connectivity index (χ4n) is 6.14. The highest BCUT2D eigenvalue weighted by molar-refractivity contribution is 6.08. The van der Waals surface area contributed by atoms with Crippen molar-refractivity contribution < 1.29 is 14.3 Å². The van der Waals surface area contributed by atoms with Gasteiger partial charge in [0, 0.05) is 73.6 Å². The number of anilines is 2. The molecule has 5 aromatic rings. The maximum atomic E-state index is 14.2. The SMILES string of the molecule is COc1cc(-c2cccnc2)ccc1C(=O)N1Cc2ccc(C(=O)N3CCN(c4ccncc4)CC3)n2Cc2ccccc21. The van der Waals surface area contributed by atoms with Crippen LogP contribution in [0, 0.1) is 0 Å². The number of aromatic nitrogens is 3. The normalized spacial score (nSPS) is 14.4. The van der Waals surface area contributed by atoms with E-state index in [1.165, 1.54) is 0 Å². The molecule has 7 rings (SSSR count). The molecule has 2 amide bonds. The van der Waals surface area contributed by atoms with Crippen LogP contribution in [-0.4, -0.2) is 64.5 Å². The Balaban J connectivity index is 1.16. The zero-order chi connectivity index (χ0) is 30.0. The molecule has 2 aliphatic rings. The molecule has 0 bridgehead atoms. The first-order valence-electron chi connectivity index (χ1n) is 14.7. The third kappa shape index (κ3) is 5.06. The Morgan fingerprint density at radius 3 is 2.34 bits per heavy atom. The van der Waals surface area contributed by atoms with Crippen LogP contribution < -0.4 is 14.5 Å². The van der Waals surface area contributed by atoms with E-state index in [0.29, 0.717) is 43.2 Å². The molecule has 0 N–H and O–H groups in total. The number of pyridine rings is 2. The third-order valence-corrected chi connectivity index (χ3v) is 8.49. The van der Waals surface area contributed by atoms with Crippen molar-refractivity contribution in [2.24, 2.45) is 0 Å². The van der Waals surface area contributed by atoms with Gasteiger partial charge in [-0.15, -0.1) is 0 Å². The predicted octanol–water partition coefficient (Wildman–Crippen LogP) is 5.12. The second-order valence-corrected chi connectivity index (χ2v) is 11.0. The van der Waals surface area contributed by atoms with Gasteiger partial charge in [-0.1, -0.05) is 30.3 Å². The van der Waals surface area contributed by atoms with Gasteiger partial charge in [-0.25, -0.2) is 0 Å². The molecule has 0 spiro atoms. The van der Waals surface area contributed by atoms with E-state index in [9.17, 15) is 9.59 Å². The number of carbonyl (C=O) groups is 2. The molecular weight excluding hydrogens is 552 g/mol. The lowest BCUT2D eigenvalue weighted by atomic mass is 10.0. The molecule has 1 saturated heterocycles. The van der Waals surface area contributed by atoms with Gasteiger partial charge in [0.15, 0.2) is 0 Å². The molecular formula is C35H32N6O3. The Labute approximate surface area is 256 Å². The summed E-state index contributed by atoms with van der Waals surface area (Å²) in [5.74, 6) is 0.340. The van der Waals surface area contributed by atoms with Crippen LogP contribution in [0.15, 0.2) is 104 Å². The van der Waals surface area contributed by atoms with Crippen LogP contribution in [0.3, 0.4) is 0 Å². The molecule has 9 nitrogen and oxygen atoms in total. The molecule has 220 valence electrons. The molecule has 0 saturated carbocycles. The first-order chi connectivity index (χ1) is 21.6. The number of amides is 2. The Morgan fingerprint density at radius 1 is 0.750 bits per heavy atom. The van der Waals surface area contributed by atoms with Crippen molar-refractivity contribution in [2.45, 2.75) is 13.1 Å². The zero-order valence-corrected chi connectivity index (χ0v) is 24.5. The number of piperazine rings is 1. The van der Waals surface area contributed by atoms with Gasteiger partial charge in [0.25, 0.3) is 11.8 Å². The molecule has 5 heterocycles. The second kappa shape index (κ2) is 11.7. The summed E-state index contributed by atoms with van der Waals surface area (Å²) < 4.78 is 7.78. The summed E-state index contributed by atoms with van der Waals surface area (Å²) in [5.41, 5.74) is 6.79. The Bertz CT molecular complexity index is 1810. The van der Waals surface area contributed by atoms with Crippen LogP contribution in [-0.2, 0) is 13.1 Å². The highest BCUT2D eigenvalue weighted by atomic mass is 16.5. The lowest BCUT2D eigenvalue weighted by Gasteiger charge is -2.36. The zero-order valence-electron chi connectivity index (χ0n) is 24.5.